The third-order valence-corrected chi connectivity index (χ3v) is 9.37. The van der Waals surface area contributed by atoms with Crippen molar-refractivity contribution in [3.63, 3.8) is 0 Å². The van der Waals surface area contributed by atoms with E-state index in [1.165, 1.54) is 15.6 Å². The molecule has 3 aromatic rings. The zero-order chi connectivity index (χ0) is 21.8. The Balaban J connectivity index is 1.31. The topological polar surface area (TPSA) is 96.9 Å². The molecule has 0 saturated carbocycles. The quantitative estimate of drug-likeness (QED) is 0.575. The highest BCUT2D eigenvalue weighted by Gasteiger charge is 2.37. The molecule has 1 atom stereocenters. The van der Waals surface area contributed by atoms with E-state index in [2.05, 4.69) is 4.98 Å². The fourth-order valence-corrected chi connectivity index (χ4v) is 7.32. The largest absolute Gasteiger partial charge is 0.784 e. The molecule has 1 saturated heterocycles. The molecule has 0 radical (unpaired) electrons. The van der Waals surface area contributed by atoms with E-state index in [1.54, 1.807) is 47.6 Å². The van der Waals surface area contributed by atoms with Gasteiger partial charge in [-0.25, -0.2) is 8.42 Å². The van der Waals surface area contributed by atoms with E-state index >= 15 is 0 Å². The van der Waals surface area contributed by atoms with Crippen LogP contribution in [0, 0.1) is 5.21 Å². The Morgan fingerprint density at radius 1 is 1.16 bits per heavy atom. The van der Waals surface area contributed by atoms with Crippen molar-refractivity contribution in [1.29, 1.82) is 0 Å². The van der Waals surface area contributed by atoms with Crippen LogP contribution in [0.1, 0.15) is 17.2 Å². The first-order valence-corrected chi connectivity index (χ1v) is 12.3. The van der Waals surface area contributed by atoms with Crippen LogP contribution >= 0.6 is 22.9 Å². The van der Waals surface area contributed by atoms with Crippen LogP contribution in [0.25, 0.3) is 10.1 Å². The molecule has 11 heteroatoms. The van der Waals surface area contributed by atoms with Crippen molar-refractivity contribution < 1.29 is 13.2 Å². The molecular formula is C20H18ClN4O4S2-. The Kier molecular flexibility index (Phi) is 5.24. The van der Waals surface area contributed by atoms with Crippen molar-refractivity contribution in [2.75, 3.05) is 26.2 Å². The maximum Gasteiger partial charge on any atom is 0.252 e. The summed E-state index contributed by atoms with van der Waals surface area (Å²) in [6.07, 6.45) is 3.18. The summed E-state index contributed by atoms with van der Waals surface area (Å²) in [5, 5.41) is 14.5. The van der Waals surface area contributed by atoms with Crippen LogP contribution in [0.3, 0.4) is 0 Å². The second kappa shape index (κ2) is 7.80. The summed E-state index contributed by atoms with van der Waals surface area (Å²) in [6, 6.07) is 7.74. The van der Waals surface area contributed by atoms with E-state index in [4.69, 9.17) is 11.6 Å². The van der Waals surface area contributed by atoms with Gasteiger partial charge in [0.1, 0.15) is 10.3 Å². The first kappa shape index (κ1) is 20.8. The maximum atomic E-state index is 13.1. The average Bonchev–Trinajstić information content (AvgIpc) is 3.33. The second-order valence-corrected chi connectivity index (χ2v) is 11.2. The van der Waals surface area contributed by atoms with E-state index in [9.17, 15) is 18.4 Å². The summed E-state index contributed by atoms with van der Waals surface area (Å²) in [5.41, 5.74) is 1.43. The van der Waals surface area contributed by atoms with Gasteiger partial charge >= 0.3 is 0 Å². The number of pyridine rings is 1. The van der Waals surface area contributed by atoms with Crippen LogP contribution in [0.5, 0.6) is 0 Å². The van der Waals surface area contributed by atoms with Crippen molar-refractivity contribution in [3.05, 3.63) is 64.1 Å². The lowest BCUT2D eigenvalue weighted by molar-refractivity contribution is -0.137. The number of sulfonamides is 1. The summed E-state index contributed by atoms with van der Waals surface area (Å²) >= 11 is 7.20. The van der Waals surface area contributed by atoms with Crippen molar-refractivity contribution in [3.8, 4) is 0 Å². The molecule has 162 valence electrons. The van der Waals surface area contributed by atoms with Crippen LogP contribution in [0.15, 0.2) is 46.9 Å². The zero-order valence-electron chi connectivity index (χ0n) is 16.3. The van der Waals surface area contributed by atoms with E-state index in [0.717, 1.165) is 20.7 Å². The Hall–Kier alpha value is -2.08. The molecule has 8 nitrogen and oxygen atoms in total. The summed E-state index contributed by atoms with van der Waals surface area (Å²) < 4.78 is 28.7. The highest BCUT2D eigenvalue weighted by molar-refractivity contribution is 7.91. The van der Waals surface area contributed by atoms with Gasteiger partial charge in [0.05, 0.1) is 0 Å². The summed E-state index contributed by atoms with van der Waals surface area (Å²) in [5.74, 6) is -0.298. The minimum absolute atomic E-state index is 0.129. The van der Waals surface area contributed by atoms with Crippen LogP contribution in [-0.4, -0.2) is 59.8 Å². The van der Waals surface area contributed by atoms with Gasteiger partial charge in [0.15, 0.2) is 0 Å². The fourth-order valence-electron chi connectivity index (χ4n) is 4.06. The van der Waals surface area contributed by atoms with E-state index in [0.29, 0.717) is 10.6 Å². The number of carbonyl (C=O) groups excluding carboxylic acids is 1. The van der Waals surface area contributed by atoms with E-state index < -0.39 is 16.1 Å². The first-order chi connectivity index (χ1) is 14.8. The molecule has 1 unspecified atom stereocenters. The van der Waals surface area contributed by atoms with Gasteiger partial charge in [0, 0.05) is 54.8 Å². The smallest absolute Gasteiger partial charge is 0.252 e. The minimum atomic E-state index is -3.67. The van der Waals surface area contributed by atoms with Crippen LogP contribution in [0.4, 0.5) is 0 Å². The lowest BCUT2D eigenvalue weighted by Gasteiger charge is -2.38. The van der Waals surface area contributed by atoms with Gasteiger partial charge in [-0.1, -0.05) is 17.7 Å². The normalized spacial score (nSPS) is 20.3. The SMILES string of the molecule is O=C(C1c2ccncc2CN1[O-])N1CCN(S(=O)(=O)c2cc3ccc(Cl)cc3s2)CC1. The number of rotatable bonds is 3. The van der Waals surface area contributed by atoms with Gasteiger partial charge in [-0.15, -0.1) is 11.3 Å². The maximum absolute atomic E-state index is 13.1. The highest BCUT2D eigenvalue weighted by Crippen LogP contribution is 2.35. The number of hydrogen-bond donors (Lipinski definition) is 0. The van der Waals surface area contributed by atoms with Crippen LogP contribution in [0.2, 0.25) is 5.02 Å². The number of hydrogen-bond acceptors (Lipinski definition) is 7. The zero-order valence-corrected chi connectivity index (χ0v) is 18.7. The second-order valence-electron chi connectivity index (χ2n) is 7.53. The van der Waals surface area contributed by atoms with Crippen LogP contribution < -0.4 is 0 Å². The number of amides is 1. The number of fused-ring (bicyclic) bond motifs is 2. The van der Waals surface area contributed by atoms with Crippen molar-refractivity contribution in [1.82, 2.24) is 19.3 Å². The van der Waals surface area contributed by atoms with Gasteiger partial charge in [0.25, 0.3) is 10.0 Å². The third kappa shape index (κ3) is 3.63. The lowest BCUT2D eigenvalue weighted by Crippen LogP contribution is -2.52. The van der Waals surface area contributed by atoms with Crippen molar-refractivity contribution >= 4 is 49.0 Å². The van der Waals surface area contributed by atoms with E-state index in [-0.39, 0.29) is 42.8 Å². The van der Waals surface area contributed by atoms with Gasteiger partial charge < -0.3 is 15.2 Å². The Bertz CT molecular complexity index is 1270. The number of thiophene rings is 1. The Labute approximate surface area is 188 Å². The number of halogens is 1. The van der Waals surface area contributed by atoms with Crippen molar-refractivity contribution in [2.24, 2.45) is 0 Å². The summed E-state index contributed by atoms with van der Waals surface area (Å²) in [4.78, 5) is 18.6. The average molecular weight is 478 g/mol. The minimum Gasteiger partial charge on any atom is -0.784 e. The van der Waals surface area contributed by atoms with Gasteiger partial charge in [0.2, 0.25) is 5.91 Å². The highest BCUT2D eigenvalue weighted by atomic mass is 35.5. The molecule has 0 aliphatic carbocycles. The predicted molar refractivity (Wildman–Crippen MR) is 118 cm³/mol. The molecule has 2 aromatic heterocycles. The lowest BCUT2D eigenvalue weighted by atomic mass is 10.1. The van der Waals surface area contributed by atoms with Gasteiger partial charge in [-0.3, -0.25) is 9.78 Å². The standard InChI is InChI=1S/C20H18ClN4O4S2/c21-15-2-1-13-9-18(30-17(13)10-15)31(28,29)24-7-5-23(6-8-24)20(26)19-16-3-4-22-11-14(16)12-25(19)27/h1-4,9-11,19H,5-8,12H2/q-1. The molecule has 0 N–H and O–H groups in total. The predicted octanol–water partition coefficient (Wildman–Crippen LogP) is 2.84. The number of benzene rings is 1. The molecule has 1 fully saturated rings. The number of nitrogens with zero attached hydrogens (tertiary/aromatic N) is 4. The van der Waals surface area contributed by atoms with Gasteiger partial charge in [-0.05, 0) is 40.8 Å². The molecule has 2 aliphatic rings. The number of piperazine rings is 1. The van der Waals surface area contributed by atoms with E-state index in [1.807, 2.05) is 0 Å². The molecule has 5 rings (SSSR count). The molecule has 0 spiro atoms. The molecular weight excluding hydrogens is 460 g/mol. The number of hydroxylamine groups is 2. The molecule has 2 aliphatic heterocycles. The molecule has 1 amide bonds. The molecule has 31 heavy (non-hydrogen) atoms. The summed E-state index contributed by atoms with van der Waals surface area (Å²) in [6.45, 7) is 0.957. The molecule has 1 aromatic carbocycles. The number of aromatic nitrogens is 1. The Morgan fingerprint density at radius 2 is 1.94 bits per heavy atom. The van der Waals surface area contributed by atoms with Crippen LogP contribution in [-0.2, 0) is 21.4 Å². The third-order valence-electron chi connectivity index (χ3n) is 5.69. The first-order valence-electron chi connectivity index (χ1n) is 9.69. The monoisotopic (exact) mass is 477 g/mol. The summed E-state index contributed by atoms with van der Waals surface area (Å²) in [7, 11) is -3.67. The van der Waals surface area contributed by atoms with Gasteiger partial charge in [-0.2, -0.15) is 4.31 Å². The Morgan fingerprint density at radius 3 is 2.71 bits per heavy atom. The fraction of sp³-hybridized carbons (Fsp3) is 0.300. The molecule has 0 bridgehead atoms. The van der Waals surface area contributed by atoms with Crippen molar-refractivity contribution in [2.45, 2.75) is 16.8 Å². The number of carbonyl (C=O) groups is 1. The molecule has 4 heterocycles.